The van der Waals surface area contributed by atoms with E-state index in [0.29, 0.717) is 0 Å². The smallest absolute Gasteiger partial charge is 0.0928 e. The Morgan fingerprint density at radius 1 is 1.22 bits per heavy atom. The molecule has 0 unspecified atom stereocenters. The minimum Gasteiger partial charge on any atom is -0.319 e. The molecule has 0 radical (unpaired) electrons. The van der Waals surface area contributed by atoms with Gasteiger partial charge in [-0.05, 0) is 38.6 Å². The molecule has 96 valence electrons. The minimum absolute atomic E-state index is 0.978. The second kappa shape index (κ2) is 5.36. The van der Waals surface area contributed by atoms with Crippen LogP contribution in [0.25, 0.3) is 11.3 Å². The molecule has 1 aromatic carbocycles. The highest BCUT2D eigenvalue weighted by molar-refractivity contribution is 5.64. The van der Waals surface area contributed by atoms with Crippen LogP contribution in [0.15, 0.2) is 24.3 Å². The topological polar surface area (TPSA) is 29.9 Å². The summed E-state index contributed by atoms with van der Waals surface area (Å²) in [6, 6.07) is 8.70. The van der Waals surface area contributed by atoms with Crippen LogP contribution in [0.4, 0.5) is 0 Å². The fourth-order valence-corrected chi connectivity index (χ4v) is 2.14. The quantitative estimate of drug-likeness (QED) is 0.894. The van der Waals surface area contributed by atoms with Crippen molar-refractivity contribution in [3.8, 4) is 11.3 Å². The second-order valence-electron chi connectivity index (χ2n) is 4.82. The lowest BCUT2D eigenvalue weighted by atomic mass is 10.0. The fourth-order valence-electron chi connectivity index (χ4n) is 2.14. The van der Waals surface area contributed by atoms with E-state index in [9.17, 15) is 0 Å². The molecule has 0 saturated carbocycles. The van der Waals surface area contributed by atoms with Gasteiger partial charge in [0.15, 0.2) is 0 Å². The van der Waals surface area contributed by atoms with Crippen molar-refractivity contribution in [2.75, 3.05) is 13.6 Å². The summed E-state index contributed by atoms with van der Waals surface area (Å²) < 4.78 is 1.98. The van der Waals surface area contributed by atoms with E-state index in [0.717, 1.165) is 18.7 Å². The predicted octanol–water partition coefficient (Wildman–Crippen LogP) is 2.47. The number of aromatic nitrogens is 2. The van der Waals surface area contributed by atoms with Crippen molar-refractivity contribution in [3.63, 3.8) is 0 Å². The van der Waals surface area contributed by atoms with Gasteiger partial charge in [-0.1, -0.05) is 17.7 Å². The van der Waals surface area contributed by atoms with Crippen LogP contribution in [0.2, 0.25) is 0 Å². The van der Waals surface area contributed by atoms with Crippen LogP contribution in [0, 0.1) is 13.8 Å². The van der Waals surface area contributed by atoms with E-state index < -0.39 is 0 Å². The van der Waals surface area contributed by atoms with Gasteiger partial charge in [-0.2, -0.15) is 5.10 Å². The van der Waals surface area contributed by atoms with E-state index in [1.807, 2.05) is 18.8 Å². The van der Waals surface area contributed by atoms with E-state index in [2.05, 4.69) is 48.5 Å². The zero-order valence-electron chi connectivity index (χ0n) is 11.6. The molecule has 1 aromatic heterocycles. The summed E-state index contributed by atoms with van der Waals surface area (Å²) >= 11 is 0. The third-order valence-electron chi connectivity index (χ3n) is 3.28. The lowest BCUT2D eigenvalue weighted by molar-refractivity contribution is 0.682. The molecule has 0 spiro atoms. The highest BCUT2D eigenvalue weighted by Gasteiger charge is 2.09. The average Bonchev–Trinajstić information content (AvgIpc) is 2.71. The number of hydrogen-bond donors (Lipinski definition) is 1. The number of nitrogens with zero attached hydrogens (tertiary/aromatic N) is 2. The molecule has 2 rings (SSSR count). The van der Waals surface area contributed by atoms with Crippen LogP contribution in [-0.2, 0) is 13.5 Å². The maximum Gasteiger partial charge on any atom is 0.0928 e. The second-order valence-corrected chi connectivity index (χ2v) is 4.82. The maximum atomic E-state index is 4.62. The first-order valence-corrected chi connectivity index (χ1v) is 6.37. The molecule has 1 heterocycles. The normalized spacial score (nSPS) is 10.9. The lowest BCUT2D eigenvalue weighted by Gasteiger charge is -2.03. The van der Waals surface area contributed by atoms with E-state index in [1.165, 1.54) is 22.4 Å². The van der Waals surface area contributed by atoms with Crippen LogP contribution < -0.4 is 5.32 Å². The van der Waals surface area contributed by atoms with Crippen molar-refractivity contribution in [1.82, 2.24) is 15.1 Å². The van der Waals surface area contributed by atoms with E-state index in [4.69, 9.17) is 0 Å². The van der Waals surface area contributed by atoms with Crippen molar-refractivity contribution < 1.29 is 0 Å². The van der Waals surface area contributed by atoms with E-state index in [-0.39, 0.29) is 0 Å². The number of benzene rings is 1. The Kier molecular flexibility index (Phi) is 3.82. The van der Waals surface area contributed by atoms with Crippen LogP contribution in [-0.4, -0.2) is 23.4 Å². The standard InChI is InChI=1S/C15H21N3/c1-11-5-6-12(2)14(9-11)15-10-13(7-8-16-3)18(4)17-15/h5-6,9-10,16H,7-8H2,1-4H3. The van der Waals surface area contributed by atoms with E-state index >= 15 is 0 Å². The van der Waals surface area contributed by atoms with Gasteiger partial charge in [0.2, 0.25) is 0 Å². The third kappa shape index (κ3) is 2.62. The largest absolute Gasteiger partial charge is 0.319 e. The Labute approximate surface area is 109 Å². The summed E-state index contributed by atoms with van der Waals surface area (Å²) in [6.45, 7) is 5.23. The highest BCUT2D eigenvalue weighted by atomic mass is 15.3. The van der Waals surface area contributed by atoms with Gasteiger partial charge in [-0.3, -0.25) is 4.68 Å². The Bertz CT molecular complexity index is 541. The first kappa shape index (κ1) is 12.8. The average molecular weight is 243 g/mol. The number of rotatable bonds is 4. The van der Waals surface area contributed by atoms with Crippen molar-refractivity contribution in [3.05, 3.63) is 41.1 Å². The fraction of sp³-hybridized carbons (Fsp3) is 0.400. The molecule has 0 amide bonds. The summed E-state index contributed by atoms with van der Waals surface area (Å²) in [5.74, 6) is 0. The lowest BCUT2D eigenvalue weighted by Crippen LogP contribution is -2.12. The van der Waals surface area contributed by atoms with Gasteiger partial charge >= 0.3 is 0 Å². The highest BCUT2D eigenvalue weighted by Crippen LogP contribution is 2.24. The first-order valence-electron chi connectivity index (χ1n) is 6.37. The Balaban J connectivity index is 2.36. The SMILES string of the molecule is CNCCc1cc(-c2cc(C)ccc2C)nn1C. The Morgan fingerprint density at radius 2 is 2.00 bits per heavy atom. The summed E-state index contributed by atoms with van der Waals surface area (Å²) in [5, 5.41) is 7.80. The monoisotopic (exact) mass is 243 g/mol. The Morgan fingerprint density at radius 3 is 2.72 bits per heavy atom. The molecule has 1 N–H and O–H groups in total. The van der Waals surface area contributed by atoms with Crippen molar-refractivity contribution in [1.29, 1.82) is 0 Å². The predicted molar refractivity (Wildman–Crippen MR) is 75.7 cm³/mol. The summed E-state index contributed by atoms with van der Waals surface area (Å²) in [6.07, 6.45) is 1.00. The van der Waals surface area contributed by atoms with Crippen LogP contribution in [0.3, 0.4) is 0 Å². The van der Waals surface area contributed by atoms with Gasteiger partial charge < -0.3 is 5.32 Å². The van der Waals surface area contributed by atoms with Gasteiger partial charge in [0.1, 0.15) is 0 Å². The molecule has 2 aromatic rings. The van der Waals surface area contributed by atoms with Gasteiger partial charge in [0, 0.05) is 31.3 Å². The van der Waals surface area contributed by atoms with Gasteiger partial charge in [-0.25, -0.2) is 0 Å². The molecule has 0 fully saturated rings. The van der Waals surface area contributed by atoms with Crippen molar-refractivity contribution in [2.45, 2.75) is 20.3 Å². The summed E-state index contributed by atoms with van der Waals surface area (Å²) in [7, 11) is 3.99. The number of aryl methyl sites for hydroxylation is 3. The molecule has 3 nitrogen and oxygen atoms in total. The van der Waals surface area contributed by atoms with E-state index in [1.54, 1.807) is 0 Å². The first-order chi connectivity index (χ1) is 8.61. The zero-order chi connectivity index (χ0) is 13.1. The Hall–Kier alpha value is -1.61. The van der Waals surface area contributed by atoms with Crippen molar-refractivity contribution in [2.24, 2.45) is 7.05 Å². The maximum absolute atomic E-state index is 4.62. The molecule has 0 bridgehead atoms. The number of hydrogen-bond acceptors (Lipinski definition) is 2. The number of nitrogens with one attached hydrogen (secondary N) is 1. The molecular formula is C15H21N3. The molecule has 0 aliphatic carbocycles. The van der Waals surface area contributed by atoms with Gasteiger partial charge in [-0.15, -0.1) is 0 Å². The molecule has 0 atom stereocenters. The summed E-state index contributed by atoms with van der Waals surface area (Å²) in [4.78, 5) is 0. The van der Waals surface area contributed by atoms with Gasteiger partial charge in [0.25, 0.3) is 0 Å². The number of likely N-dealkylation sites (N-methyl/N-ethyl adjacent to an activating group) is 1. The zero-order valence-corrected chi connectivity index (χ0v) is 11.6. The third-order valence-corrected chi connectivity index (χ3v) is 3.28. The molecule has 18 heavy (non-hydrogen) atoms. The summed E-state index contributed by atoms with van der Waals surface area (Å²) in [5.41, 5.74) is 6.13. The van der Waals surface area contributed by atoms with Gasteiger partial charge in [0.05, 0.1) is 5.69 Å². The molecule has 0 aliphatic heterocycles. The minimum atomic E-state index is 0.978. The molecular weight excluding hydrogens is 222 g/mol. The molecule has 3 heteroatoms. The van der Waals surface area contributed by atoms with Crippen LogP contribution in [0.1, 0.15) is 16.8 Å². The van der Waals surface area contributed by atoms with Crippen LogP contribution in [0.5, 0.6) is 0 Å². The molecule has 0 aliphatic rings. The van der Waals surface area contributed by atoms with Crippen LogP contribution >= 0.6 is 0 Å². The van der Waals surface area contributed by atoms with Crippen molar-refractivity contribution >= 4 is 0 Å². The molecule has 0 saturated heterocycles.